The first kappa shape index (κ1) is 34.6. The first-order chi connectivity index (χ1) is 18.0. The largest absolute Gasteiger partial charge is 0.348 e. The van der Waals surface area contributed by atoms with E-state index in [0.29, 0.717) is 0 Å². The molecule has 3 rings (SSSR count). The van der Waals surface area contributed by atoms with Crippen molar-refractivity contribution < 1.29 is 0 Å². The highest BCUT2D eigenvalue weighted by atomic mass is 32.1. The van der Waals surface area contributed by atoms with Crippen LogP contribution in [-0.2, 0) is 10.8 Å². The number of rotatable bonds is 11. The lowest BCUT2D eigenvalue weighted by Crippen LogP contribution is -2.33. The normalized spacial score (nSPS) is 15.2. The molecule has 0 saturated carbocycles. The maximum absolute atomic E-state index is 5.03. The number of nitrogens with zero attached hydrogens (tertiary/aromatic N) is 2. The minimum absolute atomic E-state index is 0.246. The van der Waals surface area contributed by atoms with Gasteiger partial charge in [0.2, 0.25) is 0 Å². The lowest BCUT2D eigenvalue weighted by atomic mass is 9.63. The molecule has 2 N–H and O–H groups in total. The first-order valence-electron chi connectivity index (χ1n) is 15.6. The number of hydrogen-bond donors (Lipinski definition) is 1. The lowest BCUT2D eigenvalue weighted by molar-refractivity contribution is 0.332. The molecule has 1 aromatic heterocycles. The van der Waals surface area contributed by atoms with E-state index in [1.807, 2.05) is 0 Å². The molecule has 1 heterocycles. The van der Waals surface area contributed by atoms with Crippen LogP contribution in [0.5, 0.6) is 0 Å². The van der Waals surface area contributed by atoms with Crippen LogP contribution in [0.4, 0.5) is 5.13 Å². The molecule has 38 heavy (non-hydrogen) atoms. The maximum atomic E-state index is 5.03. The zero-order chi connectivity index (χ0) is 28.8. The summed E-state index contributed by atoms with van der Waals surface area (Å²) in [5, 5.41) is 3.40. The van der Waals surface area contributed by atoms with E-state index in [-0.39, 0.29) is 10.8 Å². The Morgan fingerprint density at radius 1 is 0.842 bits per heavy atom. The predicted molar refractivity (Wildman–Crippen MR) is 174 cm³/mol. The second-order valence-corrected chi connectivity index (χ2v) is 13.3. The third-order valence-electron chi connectivity index (χ3n) is 7.75. The molecule has 0 amide bonds. The van der Waals surface area contributed by atoms with Crippen molar-refractivity contribution in [3.8, 4) is 11.3 Å². The Bertz CT molecular complexity index is 885. The van der Waals surface area contributed by atoms with Crippen molar-refractivity contribution in [3.05, 3.63) is 34.7 Å². The fourth-order valence-corrected chi connectivity index (χ4v) is 6.15. The van der Waals surface area contributed by atoms with E-state index in [0.717, 1.165) is 50.5 Å². The summed E-state index contributed by atoms with van der Waals surface area (Å²) in [6.07, 6.45) is 11.5. The molecule has 0 atom stereocenters. The van der Waals surface area contributed by atoms with E-state index < -0.39 is 0 Å². The molecule has 3 nitrogen and oxygen atoms in total. The number of fused-ring (bicyclic) bond motifs is 1. The van der Waals surface area contributed by atoms with Gasteiger partial charge >= 0.3 is 0 Å². The van der Waals surface area contributed by atoms with Crippen molar-refractivity contribution in [3.63, 3.8) is 0 Å². The molecule has 1 aliphatic rings. The molecule has 0 saturated heterocycles. The minimum atomic E-state index is 0.246. The van der Waals surface area contributed by atoms with Crippen molar-refractivity contribution >= 4 is 16.5 Å². The molecular weight excluding hydrogens is 482 g/mol. The van der Waals surface area contributed by atoms with Gasteiger partial charge in [0.1, 0.15) is 0 Å². The highest BCUT2D eigenvalue weighted by molar-refractivity contribution is 7.14. The first-order valence-corrected chi connectivity index (χ1v) is 16.4. The van der Waals surface area contributed by atoms with E-state index >= 15 is 0 Å². The fraction of sp³-hybridized carbons (Fsp3) is 0.735. The molecule has 0 spiro atoms. The van der Waals surface area contributed by atoms with Crippen LogP contribution in [-0.4, -0.2) is 24.6 Å². The van der Waals surface area contributed by atoms with Gasteiger partial charge in [-0.3, -0.25) is 0 Å². The number of hydrogen-bond acceptors (Lipinski definition) is 4. The Labute approximate surface area is 241 Å². The van der Waals surface area contributed by atoms with Gasteiger partial charge in [-0.25, -0.2) is 4.98 Å². The van der Waals surface area contributed by atoms with Gasteiger partial charge in [-0.15, -0.1) is 11.3 Å². The van der Waals surface area contributed by atoms with Gasteiger partial charge < -0.3 is 10.6 Å². The van der Waals surface area contributed by atoms with Crippen molar-refractivity contribution in [1.29, 1.82) is 0 Å². The molecule has 0 bridgehead atoms. The van der Waals surface area contributed by atoms with E-state index in [1.54, 1.807) is 11.3 Å². The van der Waals surface area contributed by atoms with E-state index in [1.165, 1.54) is 60.3 Å². The molecule has 1 aliphatic carbocycles. The predicted octanol–water partition coefficient (Wildman–Crippen LogP) is 10.4. The number of anilines is 1. The van der Waals surface area contributed by atoms with Crippen LogP contribution in [0.1, 0.15) is 138 Å². The quantitative estimate of drug-likeness (QED) is 0.306. The third kappa shape index (κ3) is 10.6. The zero-order valence-corrected chi connectivity index (χ0v) is 27.6. The zero-order valence-electron chi connectivity index (χ0n) is 26.8. The average molecular weight is 544 g/mol. The van der Waals surface area contributed by atoms with Crippen molar-refractivity contribution in [2.75, 3.05) is 24.5 Å². The number of nitrogens with two attached hydrogens (primary N) is 1. The Balaban J connectivity index is 0.000000504. The fourth-order valence-electron chi connectivity index (χ4n) is 5.26. The second-order valence-electron chi connectivity index (χ2n) is 12.5. The van der Waals surface area contributed by atoms with Crippen molar-refractivity contribution in [1.82, 2.24) is 4.98 Å². The molecule has 2 aromatic rings. The SMILES string of the molecule is CCCC(C)CCC.CCCN.CCCN(CCC)c1nc(-c2ccc3c(c2)C(C)(C)CCC3(C)C)cs1. The van der Waals surface area contributed by atoms with Crippen LogP contribution >= 0.6 is 11.3 Å². The summed E-state index contributed by atoms with van der Waals surface area (Å²) < 4.78 is 0. The van der Waals surface area contributed by atoms with Gasteiger partial charge in [0.05, 0.1) is 5.69 Å². The minimum Gasteiger partial charge on any atom is -0.348 e. The van der Waals surface area contributed by atoms with Crippen molar-refractivity contribution in [2.24, 2.45) is 11.7 Å². The van der Waals surface area contributed by atoms with Gasteiger partial charge in [-0.2, -0.15) is 0 Å². The summed E-state index contributed by atoms with van der Waals surface area (Å²) in [6.45, 7) is 25.9. The summed E-state index contributed by atoms with van der Waals surface area (Å²) in [6, 6.07) is 7.06. The summed E-state index contributed by atoms with van der Waals surface area (Å²) in [4.78, 5) is 7.43. The van der Waals surface area contributed by atoms with Crippen LogP contribution in [0.25, 0.3) is 11.3 Å². The molecule has 218 valence electrons. The molecular formula is C34H61N3S. The molecule has 1 aromatic carbocycles. The maximum Gasteiger partial charge on any atom is 0.185 e. The van der Waals surface area contributed by atoms with Crippen LogP contribution in [0.2, 0.25) is 0 Å². The highest BCUT2D eigenvalue weighted by Gasteiger charge is 2.37. The Kier molecular flexibility index (Phi) is 15.8. The third-order valence-corrected chi connectivity index (χ3v) is 8.65. The topological polar surface area (TPSA) is 42.1 Å². The van der Waals surface area contributed by atoms with Gasteiger partial charge in [-0.1, -0.05) is 107 Å². The van der Waals surface area contributed by atoms with Gasteiger partial charge in [0, 0.05) is 24.0 Å². The van der Waals surface area contributed by atoms with E-state index in [4.69, 9.17) is 10.7 Å². The monoisotopic (exact) mass is 543 g/mol. The van der Waals surface area contributed by atoms with Crippen LogP contribution in [0.3, 0.4) is 0 Å². The average Bonchev–Trinajstić information content (AvgIpc) is 3.38. The Morgan fingerprint density at radius 3 is 1.84 bits per heavy atom. The standard InChI is InChI=1S/C23H34N2S.C8H18.C3H9N/c1-7-13-25(14-8-2)21-24-20(16-26-21)17-9-10-18-19(15-17)23(5,6)12-11-22(18,3)4;1-4-6-8(3)7-5-2;1-2-3-4/h9-10,15-16H,7-8,11-14H2,1-6H3;8H,4-7H2,1-3H3;2-4H2,1H3. The summed E-state index contributed by atoms with van der Waals surface area (Å²) in [7, 11) is 0. The van der Waals surface area contributed by atoms with Crippen molar-refractivity contribution in [2.45, 2.75) is 138 Å². The molecule has 0 fully saturated rings. The van der Waals surface area contributed by atoms with E-state index in [2.05, 4.69) is 97.7 Å². The van der Waals surface area contributed by atoms with Crippen LogP contribution in [0.15, 0.2) is 23.6 Å². The van der Waals surface area contributed by atoms with Crippen LogP contribution in [0, 0.1) is 5.92 Å². The summed E-state index contributed by atoms with van der Waals surface area (Å²) >= 11 is 1.78. The molecule has 0 radical (unpaired) electrons. The van der Waals surface area contributed by atoms with Crippen LogP contribution < -0.4 is 10.6 Å². The number of benzene rings is 1. The molecule has 0 unspecified atom stereocenters. The summed E-state index contributed by atoms with van der Waals surface area (Å²) in [5.74, 6) is 0.963. The summed E-state index contributed by atoms with van der Waals surface area (Å²) in [5.41, 5.74) is 11.0. The smallest absolute Gasteiger partial charge is 0.185 e. The van der Waals surface area contributed by atoms with E-state index in [9.17, 15) is 0 Å². The number of thiazole rings is 1. The Hall–Kier alpha value is -1.39. The Morgan fingerprint density at radius 2 is 1.37 bits per heavy atom. The lowest BCUT2D eigenvalue weighted by Gasteiger charge is -2.42. The molecule has 4 heteroatoms. The highest BCUT2D eigenvalue weighted by Crippen LogP contribution is 2.46. The second kappa shape index (κ2) is 17.3. The van der Waals surface area contributed by atoms with Gasteiger partial charge in [0.15, 0.2) is 5.13 Å². The number of aromatic nitrogens is 1. The van der Waals surface area contributed by atoms with Gasteiger partial charge in [-0.05, 0) is 72.6 Å². The van der Waals surface area contributed by atoms with Gasteiger partial charge in [0.25, 0.3) is 0 Å². The molecule has 0 aliphatic heterocycles.